The molecule has 2 aromatic carbocycles. The number of hydrogen-bond donors (Lipinski definition) is 1. The van der Waals surface area contributed by atoms with Gasteiger partial charge < -0.3 is 10.3 Å². The van der Waals surface area contributed by atoms with E-state index in [2.05, 4.69) is 21.1 Å². The quantitative estimate of drug-likeness (QED) is 0.715. The standard InChI is InChI=1S/C19H17BrN2O2/c1-12-17(16(19(21)23)11-13-5-3-2-4-6-13)18(24-22-12)14-7-9-15(20)10-8-14/h2-10,16H,11H2,1H3,(H2,21,23). The van der Waals surface area contributed by atoms with Gasteiger partial charge in [-0.3, -0.25) is 4.79 Å². The molecule has 24 heavy (non-hydrogen) atoms. The number of halogens is 1. The van der Waals surface area contributed by atoms with E-state index >= 15 is 0 Å². The van der Waals surface area contributed by atoms with Gasteiger partial charge in [0.25, 0.3) is 0 Å². The van der Waals surface area contributed by atoms with E-state index in [1.165, 1.54) is 0 Å². The molecule has 1 unspecified atom stereocenters. The summed E-state index contributed by atoms with van der Waals surface area (Å²) >= 11 is 3.42. The zero-order valence-corrected chi connectivity index (χ0v) is 14.8. The van der Waals surface area contributed by atoms with Gasteiger partial charge in [0.1, 0.15) is 0 Å². The Morgan fingerprint density at radius 1 is 1.17 bits per heavy atom. The molecule has 1 aromatic heterocycles. The first kappa shape index (κ1) is 16.5. The summed E-state index contributed by atoms with van der Waals surface area (Å²) in [5.41, 5.74) is 9.06. The predicted molar refractivity (Wildman–Crippen MR) is 96.5 cm³/mol. The van der Waals surface area contributed by atoms with Crippen molar-refractivity contribution < 1.29 is 9.32 Å². The van der Waals surface area contributed by atoms with Crippen molar-refractivity contribution in [1.82, 2.24) is 5.16 Å². The molecule has 0 fully saturated rings. The molecule has 122 valence electrons. The van der Waals surface area contributed by atoms with Gasteiger partial charge in [0.05, 0.1) is 11.6 Å². The molecule has 0 saturated heterocycles. The Labute approximate surface area is 148 Å². The van der Waals surface area contributed by atoms with Crippen LogP contribution < -0.4 is 5.73 Å². The molecule has 4 nitrogen and oxygen atoms in total. The molecule has 0 aliphatic rings. The second-order valence-electron chi connectivity index (χ2n) is 5.66. The predicted octanol–water partition coefficient (Wildman–Crippen LogP) is 4.22. The first-order valence-electron chi connectivity index (χ1n) is 7.61. The fourth-order valence-electron chi connectivity index (χ4n) is 2.79. The maximum atomic E-state index is 12.1. The van der Waals surface area contributed by atoms with E-state index in [-0.39, 0.29) is 5.91 Å². The number of nitrogens with zero attached hydrogens (tertiary/aromatic N) is 1. The highest BCUT2D eigenvalue weighted by Gasteiger charge is 2.28. The van der Waals surface area contributed by atoms with Crippen LogP contribution in [0.3, 0.4) is 0 Å². The second kappa shape index (κ2) is 7.01. The van der Waals surface area contributed by atoms with Crippen molar-refractivity contribution in [2.45, 2.75) is 19.3 Å². The largest absolute Gasteiger partial charge is 0.369 e. The van der Waals surface area contributed by atoms with Crippen molar-refractivity contribution in [1.29, 1.82) is 0 Å². The Kier molecular flexibility index (Phi) is 4.81. The van der Waals surface area contributed by atoms with Gasteiger partial charge in [-0.1, -0.05) is 63.6 Å². The summed E-state index contributed by atoms with van der Waals surface area (Å²) in [6.07, 6.45) is 0.516. The average molecular weight is 385 g/mol. The van der Waals surface area contributed by atoms with Crippen LogP contribution in [0.2, 0.25) is 0 Å². The van der Waals surface area contributed by atoms with Crippen molar-refractivity contribution in [2.24, 2.45) is 5.73 Å². The Morgan fingerprint density at radius 3 is 2.46 bits per heavy atom. The Hall–Kier alpha value is -2.40. The van der Waals surface area contributed by atoms with Crippen LogP contribution in [0.15, 0.2) is 63.6 Å². The minimum absolute atomic E-state index is 0.386. The number of amides is 1. The van der Waals surface area contributed by atoms with Crippen molar-refractivity contribution in [3.05, 3.63) is 75.9 Å². The average Bonchev–Trinajstić information content (AvgIpc) is 2.95. The van der Waals surface area contributed by atoms with Crippen molar-refractivity contribution in [3.63, 3.8) is 0 Å². The summed E-state index contributed by atoms with van der Waals surface area (Å²) in [4.78, 5) is 12.1. The first-order valence-corrected chi connectivity index (χ1v) is 8.41. The molecule has 3 rings (SSSR count). The number of aromatic nitrogens is 1. The summed E-state index contributed by atoms with van der Waals surface area (Å²) < 4.78 is 6.49. The van der Waals surface area contributed by atoms with Crippen LogP contribution in [0.4, 0.5) is 0 Å². The molecule has 0 aliphatic carbocycles. The summed E-state index contributed by atoms with van der Waals surface area (Å²) in [7, 11) is 0. The highest BCUT2D eigenvalue weighted by Crippen LogP contribution is 2.34. The lowest BCUT2D eigenvalue weighted by Crippen LogP contribution is -2.24. The van der Waals surface area contributed by atoms with Gasteiger partial charge in [0, 0.05) is 15.6 Å². The molecular formula is C19H17BrN2O2. The lowest BCUT2D eigenvalue weighted by Gasteiger charge is -2.14. The molecule has 1 amide bonds. The van der Waals surface area contributed by atoms with Crippen molar-refractivity contribution in [2.75, 3.05) is 0 Å². The van der Waals surface area contributed by atoms with Crippen molar-refractivity contribution in [3.8, 4) is 11.3 Å². The molecule has 2 N–H and O–H groups in total. The number of aryl methyl sites for hydroxylation is 1. The van der Waals surface area contributed by atoms with Crippen LogP contribution in [0, 0.1) is 6.92 Å². The third kappa shape index (κ3) is 3.41. The Bertz CT molecular complexity index is 842. The number of hydrogen-bond acceptors (Lipinski definition) is 3. The summed E-state index contributed by atoms with van der Waals surface area (Å²) in [5, 5.41) is 4.07. The van der Waals surface area contributed by atoms with Gasteiger partial charge in [-0.05, 0) is 31.0 Å². The monoisotopic (exact) mass is 384 g/mol. The van der Waals surface area contributed by atoms with Gasteiger partial charge >= 0.3 is 0 Å². The van der Waals surface area contributed by atoms with Gasteiger partial charge in [-0.25, -0.2) is 0 Å². The van der Waals surface area contributed by atoms with Crippen LogP contribution in [0.25, 0.3) is 11.3 Å². The maximum absolute atomic E-state index is 12.1. The molecular weight excluding hydrogens is 368 g/mol. The highest BCUT2D eigenvalue weighted by atomic mass is 79.9. The third-order valence-corrected chi connectivity index (χ3v) is 4.52. The van der Waals surface area contributed by atoms with Gasteiger partial charge in [0.15, 0.2) is 5.76 Å². The summed E-state index contributed by atoms with van der Waals surface area (Å²) in [6, 6.07) is 17.5. The van der Waals surface area contributed by atoms with Crippen molar-refractivity contribution >= 4 is 21.8 Å². The molecule has 0 spiro atoms. The van der Waals surface area contributed by atoms with Crippen LogP contribution in [0.5, 0.6) is 0 Å². The molecule has 1 atom stereocenters. The minimum atomic E-state index is -0.489. The second-order valence-corrected chi connectivity index (χ2v) is 6.58. The highest BCUT2D eigenvalue weighted by molar-refractivity contribution is 9.10. The molecule has 3 aromatic rings. The first-order chi connectivity index (χ1) is 11.6. The minimum Gasteiger partial charge on any atom is -0.369 e. The van der Waals surface area contributed by atoms with Crippen LogP contribution in [-0.2, 0) is 11.2 Å². The number of primary amides is 1. The molecule has 1 heterocycles. The Morgan fingerprint density at radius 2 is 1.83 bits per heavy atom. The fraction of sp³-hybridized carbons (Fsp3) is 0.158. The fourth-order valence-corrected chi connectivity index (χ4v) is 3.06. The van der Waals surface area contributed by atoms with E-state index in [0.717, 1.165) is 21.2 Å². The van der Waals surface area contributed by atoms with Crippen LogP contribution in [-0.4, -0.2) is 11.1 Å². The number of benzene rings is 2. The SMILES string of the molecule is Cc1noc(-c2ccc(Br)cc2)c1C(Cc1ccccc1)C(N)=O. The van der Waals surface area contributed by atoms with Gasteiger partial charge in [-0.2, -0.15) is 0 Å². The van der Waals surface area contributed by atoms with Gasteiger partial charge in [-0.15, -0.1) is 0 Å². The zero-order valence-electron chi connectivity index (χ0n) is 13.2. The molecule has 5 heteroatoms. The van der Waals surface area contributed by atoms with Crippen LogP contribution in [0.1, 0.15) is 22.7 Å². The number of rotatable bonds is 5. The van der Waals surface area contributed by atoms with E-state index in [9.17, 15) is 4.79 Å². The molecule has 0 radical (unpaired) electrons. The summed E-state index contributed by atoms with van der Waals surface area (Å²) in [6.45, 7) is 1.84. The number of nitrogens with two attached hydrogens (primary N) is 1. The van der Waals surface area contributed by atoms with E-state index in [0.29, 0.717) is 17.9 Å². The van der Waals surface area contributed by atoms with E-state index in [1.807, 2.05) is 61.5 Å². The van der Waals surface area contributed by atoms with E-state index in [1.54, 1.807) is 0 Å². The van der Waals surface area contributed by atoms with E-state index in [4.69, 9.17) is 10.3 Å². The van der Waals surface area contributed by atoms with E-state index < -0.39 is 5.92 Å². The maximum Gasteiger partial charge on any atom is 0.225 e. The van der Waals surface area contributed by atoms with Gasteiger partial charge in [0.2, 0.25) is 5.91 Å². The number of carbonyl (C=O) groups is 1. The zero-order chi connectivity index (χ0) is 17.1. The summed E-state index contributed by atoms with van der Waals surface area (Å²) in [5.74, 6) is -0.277. The molecule has 0 bridgehead atoms. The number of carbonyl (C=O) groups excluding carboxylic acids is 1. The lowest BCUT2D eigenvalue weighted by molar-refractivity contribution is -0.119. The molecule has 0 saturated carbocycles. The normalized spacial score (nSPS) is 12.1. The Balaban J connectivity index is 2.04. The van der Waals surface area contributed by atoms with Crippen LogP contribution >= 0.6 is 15.9 Å². The molecule has 0 aliphatic heterocycles. The third-order valence-electron chi connectivity index (χ3n) is 3.99. The smallest absolute Gasteiger partial charge is 0.225 e. The lowest BCUT2D eigenvalue weighted by atomic mass is 9.88. The topological polar surface area (TPSA) is 69.1 Å².